The topological polar surface area (TPSA) is 12.0 Å². The van der Waals surface area contributed by atoms with Crippen molar-refractivity contribution in [2.24, 2.45) is 0 Å². The summed E-state index contributed by atoms with van der Waals surface area (Å²) in [4.78, 5) is 1.51. The Bertz CT molecular complexity index is 322. The fourth-order valence-electron chi connectivity index (χ4n) is 2.05. The molecule has 2 heteroatoms. The maximum Gasteiger partial charge on any atom is 0.0110 e. The van der Waals surface area contributed by atoms with E-state index in [2.05, 4.69) is 30.4 Å². The quantitative estimate of drug-likeness (QED) is 0.818. The van der Waals surface area contributed by atoms with Crippen molar-refractivity contribution in [3.05, 3.63) is 29.3 Å². The number of fused-ring (bicyclic) bond motifs is 1. The van der Waals surface area contributed by atoms with Crippen LogP contribution in [0.4, 0.5) is 0 Å². The summed E-state index contributed by atoms with van der Waals surface area (Å²) < 4.78 is 0. The lowest BCUT2D eigenvalue weighted by molar-refractivity contribution is 0.769. The molecule has 1 atom stereocenters. The van der Waals surface area contributed by atoms with Crippen LogP contribution in [0, 0.1) is 0 Å². The van der Waals surface area contributed by atoms with E-state index in [4.69, 9.17) is 0 Å². The van der Waals surface area contributed by atoms with Crippen LogP contribution in [0.5, 0.6) is 0 Å². The van der Waals surface area contributed by atoms with Crippen LogP contribution in [0.25, 0.3) is 0 Å². The van der Waals surface area contributed by atoms with E-state index in [9.17, 15) is 0 Å². The van der Waals surface area contributed by atoms with E-state index in [1.165, 1.54) is 16.2 Å². The molecule has 1 heterocycles. The van der Waals surface area contributed by atoms with Gasteiger partial charge in [-0.1, -0.05) is 19.1 Å². The third-order valence-electron chi connectivity index (χ3n) is 2.78. The minimum atomic E-state index is 0.739. The summed E-state index contributed by atoms with van der Waals surface area (Å²) in [5.41, 5.74) is 3.14. The number of hydrogen-bond donors (Lipinski definition) is 1. The number of benzene rings is 1. The lowest BCUT2D eigenvalue weighted by atomic mass is 9.95. The van der Waals surface area contributed by atoms with Gasteiger partial charge in [-0.3, -0.25) is 0 Å². The first kappa shape index (κ1) is 10.1. The lowest BCUT2D eigenvalue weighted by Gasteiger charge is -2.10. The Hall–Kier alpha value is -0.470. The van der Waals surface area contributed by atoms with Gasteiger partial charge in [0.2, 0.25) is 0 Å². The Balaban J connectivity index is 2.27. The monoisotopic (exact) mass is 207 g/mol. The summed E-state index contributed by atoms with van der Waals surface area (Å²) in [6, 6.07) is 6.72. The molecule has 0 fully saturated rings. The van der Waals surface area contributed by atoms with Gasteiger partial charge in [-0.05, 0) is 43.1 Å². The van der Waals surface area contributed by atoms with Crippen molar-refractivity contribution in [1.29, 1.82) is 0 Å². The molecule has 0 saturated carbocycles. The smallest absolute Gasteiger partial charge is 0.0110 e. The van der Waals surface area contributed by atoms with Crippen LogP contribution in [-0.4, -0.2) is 19.3 Å². The summed E-state index contributed by atoms with van der Waals surface area (Å²) >= 11 is 2.00. The molecule has 0 aromatic heterocycles. The van der Waals surface area contributed by atoms with Gasteiger partial charge in [0.15, 0.2) is 0 Å². The van der Waals surface area contributed by atoms with Gasteiger partial charge in [-0.15, -0.1) is 11.8 Å². The Kier molecular flexibility index (Phi) is 3.14. The van der Waals surface area contributed by atoms with Gasteiger partial charge in [-0.25, -0.2) is 0 Å². The average Bonchev–Trinajstić information content (AvgIpc) is 2.58. The normalized spacial score (nSPS) is 19.7. The fraction of sp³-hybridized carbons (Fsp3) is 0.500. The molecule has 2 rings (SSSR count). The standard InChI is InChI=1S/C12H17NS/c1-9-8-14-11-5-3-4-10(12(9)11)6-7-13-2/h3-5,9,13H,6-8H2,1-2H3. The van der Waals surface area contributed by atoms with E-state index < -0.39 is 0 Å². The second-order valence-electron chi connectivity index (χ2n) is 3.89. The zero-order chi connectivity index (χ0) is 9.97. The third kappa shape index (κ3) is 1.82. The first-order valence-electron chi connectivity index (χ1n) is 5.22. The minimum Gasteiger partial charge on any atom is -0.319 e. The van der Waals surface area contributed by atoms with Crippen LogP contribution >= 0.6 is 11.8 Å². The molecular formula is C12H17NS. The number of hydrogen-bond acceptors (Lipinski definition) is 2. The molecule has 14 heavy (non-hydrogen) atoms. The highest BCUT2D eigenvalue weighted by Crippen LogP contribution is 2.41. The molecule has 0 spiro atoms. The molecule has 1 nitrogen and oxygen atoms in total. The zero-order valence-corrected chi connectivity index (χ0v) is 9.66. The molecule has 0 aliphatic carbocycles. The molecule has 0 amide bonds. The van der Waals surface area contributed by atoms with Gasteiger partial charge in [0.05, 0.1) is 0 Å². The van der Waals surface area contributed by atoms with Crippen molar-refractivity contribution in [1.82, 2.24) is 5.32 Å². The van der Waals surface area contributed by atoms with Crippen molar-refractivity contribution in [2.75, 3.05) is 19.3 Å². The van der Waals surface area contributed by atoms with Crippen molar-refractivity contribution in [3.8, 4) is 0 Å². The molecule has 1 aromatic rings. The number of rotatable bonds is 3. The third-order valence-corrected chi connectivity index (χ3v) is 4.12. The minimum absolute atomic E-state index is 0.739. The van der Waals surface area contributed by atoms with Crippen molar-refractivity contribution >= 4 is 11.8 Å². The van der Waals surface area contributed by atoms with Crippen molar-refractivity contribution in [3.63, 3.8) is 0 Å². The van der Waals surface area contributed by atoms with E-state index in [1.807, 2.05) is 18.8 Å². The molecule has 1 N–H and O–H groups in total. The highest BCUT2D eigenvalue weighted by Gasteiger charge is 2.21. The van der Waals surface area contributed by atoms with Gasteiger partial charge >= 0.3 is 0 Å². The Morgan fingerprint density at radius 1 is 1.50 bits per heavy atom. The van der Waals surface area contributed by atoms with E-state index in [0.29, 0.717) is 0 Å². The molecule has 0 bridgehead atoms. The highest BCUT2D eigenvalue weighted by molar-refractivity contribution is 7.99. The van der Waals surface area contributed by atoms with Gasteiger partial charge in [-0.2, -0.15) is 0 Å². The van der Waals surface area contributed by atoms with Gasteiger partial charge in [0.1, 0.15) is 0 Å². The van der Waals surface area contributed by atoms with Crippen LogP contribution in [0.1, 0.15) is 24.0 Å². The Morgan fingerprint density at radius 3 is 3.14 bits per heavy atom. The predicted octanol–water partition coefficient (Wildman–Crippen LogP) is 2.66. The van der Waals surface area contributed by atoms with E-state index in [0.717, 1.165) is 18.9 Å². The largest absolute Gasteiger partial charge is 0.319 e. The molecule has 1 aliphatic rings. The summed E-state index contributed by atoms with van der Waals surface area (Å²) in [6.45, 7) is 3.41. The van der Waals surface area contributed by atoms with Crippen molar-refractivity contribution < 1.29 is 0 Å². The summed E-state index contributed by atoms with van der Waals surface area (Å²) in [6.07, 6.45) is 1.16. The molecule has 1 aromatic carbocycles. The Morgan fingerprint density at radius 2 is 2.36 bits per heavy atom. The summed E-state index contributed by atoms with van der Waals surface area (Å²) in [7, 11) is 2.02. The molecule has 1 unspecified atom stereocenters. The second-order valence-corrected chi connectivity index (χ2v) is 4.96. The maximum absolute atomic E-state index is 3.22. The van der Waals surface area contributed by atoms with Gasteiger partial charge in [0, 0.05) is 10.6 Å². The molecule has 76 valence electrons. The van der Waals surface area contributed by atoms with Gasteiger partial charge in [0.25, 0.3) is 0 Å². The second kappa shape index (κ2) is 4.37. The van der Waals surface area contributed by atoms with Crippen LogP contribution < -0.4 is 5.32 Å². The first-order valence-corrected chi connectivity index (χ1v) is 6.20. The van der Waals surface area contributed by atoms with Crippen LogP contribution in [0.15, 0.2) is 23.1 Å². The van der Waals surface area contributed by atoms with Gasteiger partial charge < -0.3 is 5.32 Å². The molecular weight excluding hydrogens is 190 g/mol. The first-order chi connectivity index (χ1) is 6.83. The van der Waals surface area contributed by atoms with Crippen LogP contribution in [-0.2, 0) is 6.42 Å². The van der Waals surface area contributed by atoms with E-state index in [1.54, 1.807) is 5.56 Å². The SMILES string of the molecule is CNCCc1cccc2c1C(C)CS2. The van der Waals surface area contributed by atoms with Crippen LogP contribution in [0.3, 0.4) is 0 Å². The lowest BCUT2D eigenvalue weighted by Crippen LogP contribution is -2.11. The molecule has 0 radical (unpaired) electrons. The zero-order valence-electron chi connectivity index (χ0n) is 8.84. The highest BCUT2D eigenvalue weighted by atomic mass is 32.2. The fourth-order valence-corrected chi connectivity index (χ4v) is 3.31. The number of thioether (sulfide) groups is 1. The maximum atomic E-state index is 3.22. The molecule has 0 saturated heterocycles. The number of likely N-dealkylation sites (N-methyl/N-ethyl adjacent to an activating group) is 1. The van der Waals surface area contributed by atoms with E-state index >= 15 is 0 Å². The van der Waals surface area contributed by atoms with Crippen molar-refractivity contribution in [2.45, 2.75) is 24.2 Å². The van der Waals surface area contributed by atoms with E-state index in [-0.39, 0.29) is 0 Å². The average molecular weight is 207 g/mol. The molecule has 1 aliphatic heterocycles. The summed E-state index contributed by atoms with van der Waals surface area (Å²) in [5, 5.41) is 3.22. The Labute approximate surface area is 90.3 Å². The summed E-state index contributed by atoms with van der Waals surface area (Å²) in [5.74, 6) is 1.99. The van der Waals surface area contributed by atoms with Crippen LogP contribution in [0.2, 0.25) is 0 Å². The predicted molar refractivity (Wildman–Crippen MR) is 63.2 cm³/mol. The number of nitrogens with one attached hydrogen (secondary N) is 1.